The molecular formula is C18H29IN4O. The second-order valence-electron chi connectivity index (χ2n) is 6.68. The third-order valence-corrected chi connectivity index (χ3v) is 3.66. The van der Waals surface area contributed by atoms with E-state index >= 15 is 0 Å². The average molecular weight is 444 g/mol. The lowest BCUT2D eigenvalue weighted by Crippen LogP contribution is -2.44. The number of benzene rings is 1. The van der Waals surface area contributed by atoms with E-state index in [9.17, 15) is 0 Å². The molecule has 0 saturated heterocycles. The minimum atomic E-state index is 0. The Hall–Kier alpha value is -1.28. The molecule has 2 rings (SSSR count). The fourth-order valence-corrected chi connectivity index (χ4v) is 2.40. The zero-order valence-electron chi connectivity index (χ0n) is 15.2. The molecule has 0 aliphatic heterocycles. The van der Waals surface area contributed by atoms with Crippen molar-refractivity contribution in [2.75, 3.05) is 20.1 Å². The second-order valence-corrected chi connectivity index (χ2v) is 6.68. The fourth-order valence-electron chi connectivity index (χ4n) is 2.40. The number of aryl methyl sites for hydroxylation is 1. The molecular weight excluding hydrogens is 415 g/mol. The summed E-state index contributed by atoms with van der Waals surface area (Å²) in [5.74, 6) is 1.72. The molecule has 24 heavy (non-hydrogen) atoms. The van der Waals surface area contributed by atoms with Crippen LogP contribution in [0.2, 0.25) is 0 Å². The quantitative estimate of drug-likeness (QED) is 0.286. The summed E-state index contributed by atoms with van der Waals surface area (Å²) in [7, 11) is 1.78. The van der Waals surface area contributed by atoms with Crippen molar-refractivity contribution >= 4 is 40.9 Å². The van der Waals surface area contributed by atoms with E-state index in [4.69, 9.17) is 4.42 Å². The van der Waals surface area contributed by atoms with Crippen LogP contribution in [0.25, 0.3) is 11.0 Å². The molecule has 6 heteroatoms. The highest BCUT2D eigenvalue weighted by Gasteiger charge is 2.10. The molecule has 0 bridgehead atoms. The van der Waals surface area contributed by atoms with E-state index in [0.29, 0.717) is 6.54 Å². The van der Waals surface area contributed by atoms with Gasteiger partial charge in [-0.25, -0.2) is 0 Å². The van der Waals surface area contributed by atoms with Gasteiger partial charge in [-0.15, -0.1) is 24.0 Å². The minimum absolute atomic E-state index is 0. The summed E-state index contributed by atoms with van der Waals surface area (Å²) in [6.07, 6.45) is 0. The fraction of sp³-hybridized carbons (Fsp3) is 0.500. The van der Waals surface area contributed by atoms with Gasteiger partial charge in [0, 0.05) is 36.6 Å². The molecule has 2 aromatic rings. The molecule has 134 valence electrons. The molecule has 0 radical (unpaired) electrons. The molecule has 0 fully saturated rings. The molecule has 0 unspecified atom stereocenters. The third-order valence-electron chi connectivity index (χ3n) is 3.66. The normalized spacial score (nSPS) is 12.1. The summed E-state index contributed by atoms with van der Waals surface area (Å²) >= 11 is 0. The van der Waals surface area contributed by atoms with Crippen LogP contribution in [0.3, 0.4) is 0 Å². The lowest BCUT2D eigenvalue weighted by molar-refractivity contribution is 0.428. The van der Waals surface area contributed by atoms with Crippen molar-refractivity contribution in [1.29, 1.82) is 0 Å². The van der Waals surface area contributed by atoms with Crippen LogP contribution in [0.5, 0.6) is 0 Å². The Morgan fingerprint density at radius 3 is 2.46 bits per heavy atom. The van der Waals surface area contributed by atoms with E-state index in [2.05, 4.69) is 54.7 Å². The van der Waals surface area contributed by atoms with Gasteiger partial charge in [-0.3, -0.25) is 4.99 Å². The van der Waals surface area contributed by atoms with E-state index in [-0.39, 0.29) is 29.5 Å². The van der Waals surface area contributed by atoms with Crippen molar-refractivity contribution in [2.24, 2.45) is 4.99 Å². The predicted molar refractivity (Wildman–Crippen MR) is 112 cm³/mol. The molecule has 0 aliphatic rings. The summed E-state index contributed by atoms with van der Waals surface area (Å²) in [5.41, 5.74) is 2.24. The monoisotopic (exact) mass is 444 g/mol. The highest BCUT2D eigenvalue weighted by Crippen LogP contribution is 2.24. The first-order valence-corrected chi connectivity index (χ1v) is 8.07. The van der Waals surface area contributed by atoms with Gasteiger partial charge >= 0.3 is 0 Å². The lowest BCUT2D eigenvalue weighted by Gasteiger charge is -2.21. The maximum atomic E-state index is 5.91. The standard InChI is InChI=1S/C18H28N4O.HI/c1-13-14-8-6-7-9-15(14)23-16(13)12-21-17(19-5)20-10-11-22-18(2,3)4;/h6-9,22H,10-12H2,1-5H3,(H2,19,20,21);1H. The first-order chi connectivity index (χ1) is 10.9. The van der Waals surface area contributed by atoms with Gasteiger partial charge in [0.25, 0.3) is 0 Å². The number of nitrogens with one attached hydrogen (secondary N) is 3. The molecule has 0 saturated carbocycles. The third kappa shape index (κ3) is 5.98. The number of nitrogens with zero attached hydrogens (tertiary/aromatic N) is 1. The van der Waals surface area contributed by atoms with Gasteiger partial charge in [-0.2, -0.15) is 0 Å². The second kappa shape index (κ2) is 9.27. The van der Waals surface area contributed by atoms with Gasteiger partial charge < -0.3 is 20.4 Å². The van der Waals surface area contributed by atoms with Crippen molar-refractivity contribution < 1.29 is 4.42 Å². The summed E-state index contributed by atoms with van der Waals surface area (Å²) in [4.78, 5) is 4.25. The molecule has 1 aromatic heterocycles. The smallest absolute Gasteiger partial charge is 0.191 e. The Kier molecular flexibility index (Phi) is 8.02. The summed E-state index contributed by atoms with van der Waals surface area (Å²) in [5, 5.41) is 11.2. The van der Waals surface area contributed by atoms with Crippen molar-refractivity contribution in [1.82, 2.24) is 16.0 Å². The van der Waals surface area contributed by atoms with Crippen LogP contribution in [0.4, 0.5) is 0 Å². The summed E-state index contributed by atoms with van der Waals surface area (Å²) in [6, 6.07) is 8.11. The number of furan rings is 1. The van der Waals surface area contributed by atoms with E-state index in [0.717, 1.165) is 30.4 Å². The van der Waals surface area contributed by atoms with Crippen LogP contribution < -0.4 is 16.0 Å². The van der Waals surface area contributed by atoms with Crippen LogP contribution in [-0.4, -0.2) is 31.6 Å². The van der Waals surface area contributed by atoms with Gasteiger partial charge in [0.1, 0.15) is 11.3 Å². The minimum Gasteiger partial charge on any atom is -0.459 e. The summed E-state index contributed by atoms with van der Waals surface area (Å²) in [6.45, 7) is 10.9. The number of rotatable bonds is 5. The van der Waals surface area contributed by atoms with Crippen molar-refractivity contribution in [3.8, 4) is 0 Å². The predicted octanol–water partition coefficient (Wildman–Crippen LogP) is 3.41. The van der Waals surface area contributed by atoms with Gasteiger partial charge in [-0.05, 0) is 33.8 Å². The van der Waals surface area contributed by atoms with Crippen molar-refractivity contribution in [3.63, 3.8) is 0 Å². The largest absolute Gasteiger partial charge is 0.459 e. The van der Waals surface area contributed by atoms with Crippen molar-refractivity contribution in [2.45, 2.75) is 39.8 Å². The number of aliphatic imine (C=N–C) groups is 1. The van der Waals surface area contributed by atoms with E-state index in [1.165, 1.54) is 10.9 Å². The maximum Gasteiger partial charge on any atom is 0.191 e. The van der Waals surface area contributed by atoms with Gasteiger partial charge in [0.15, 0.2) is 5.96 Å². The number of hydrogen-bond donors (Lipinski definition) is 3. The molecule has 0 spiro atoms. The Balaban J connectivity index is 0.00000288. The van der Waals surface area contributed by atoms with Crippen molar-refractivity contribution in [3.05, 3.63) is 35.6 Å². The molecule has 3 N–H and O–H groups in total. The van der Waals surface area contributed by atoms with Gasteiger partial charge in [-0.1, -0.05) is 18.2 Å². The average Bonchev–Trinajstić information content (AvgIpc) is 2.82. The molecule has 1 aromatic carbocycles. The van der Waals surface area contributed by atoms with E-state index < -0.39 is 0 Å². The lowest BCUT2D eigenvalue weighted by atomic mass is 10.1. The maximum absolute atomic E-state index is 5.91. The first kappa shape index (κ1) is 20.8. The van der Waals surface area contributed by atoms with E-state index in [1.807, 2.05) is 18.2 Å². The van der Waals surface area contributed by atoms with Gasteiger partial charge in [0.05, 0.1) is 6.54 Å². The number of guanidine groups is 1. The van der Waals surface area contributed by atoms with Crippen LogP contribution >= 0.6 is 24.0 Å². The highest BCUT2D eigenvalue weighted by atomic mass is 127. The topological polar surface area (TPSA) is 61.6 Å². The number of halogens is 1. The first-order valence-electron chi connectivity index (χ1n) is 8.07. The van der Waals surface area contributed by atoms with Crippen LogP contribution in [0.15, 0.2) is 33.7 Å². The number of para-hydroxylation sites is 1. The van der Waals surface area contributed by atoms with Crippen LogP contribution in [0.1, 0.15) is 32.1 Å². The van der Waals surface area contributed by atoms with Crippen LogP contribution in [-0.2, 0) is 6.54 Å². The Labute approximate surface area is 161 Å². The Morgan fingerprint density at radius 2 is 1.83 bits per heavy atom. The molecule has 0 aliphatic carbocycles. The van der Waals surface area contributed by atoms with E-state index in [1.54, 1.807) is 7.05 Å². The Bertz CT molecular complexity index is 673. The zero-order valence-corrected chi connectivity index (χ0v) is 17.5. The highest BCUT2D eigenvalue weighted by molar-refractivity contribution is 14.0. The molecule has 5 nitrogen and oxygen atoms in total. The number of hydrogen-bond acceptors (Lipinski definition) is 3. The SMILES string of the molecule is CN=C(NCCNC(C)(C)C)NCc1oc2ccccc2c1C.I. The van der Waals surface area contributed by atoms with Crippen LogP contribution in [0, 0.1) is 6.92 Å². The molecule has 1 heterocycles. The zero-order chi connectivity index (χ0) is 16.9. The number of fused-ring (bicyclic) bond motifs is 1. The van der Waals surface area contributed by atoms with Gasteiger partial charge in [0.2, 0.25) is 0 Å². The molecule has 0 amide bonds. The summed E-state index contributed by atoms with van der Waals surface area (Å²) < 4.78 is 5.91. The molecule has 0 atom stereocenters. The Morgan fingerprint density at radius 1 is 1.12 bits per heavy atom.